The van der Waals surface area contributed by atoms with Gasteiger partial charge in [0.1, 0.15) is 11.2 Å². The maximum Gasteiger partial charge on any atom is 0.145 e. The molecule has 0 radical (unpaired) electrons. The summed E-state index contributed by atoms with van der Waals surface area (Å²) in [5, 5.41) is 2.06. The molecule has 3 heteroatoms. The molecule has 55 heavy (non-hydrogen) atoms. The summed E-state index contributed by atoms with van der Waals surface area (Å²) in [4.78, 5) is 1.09. The maximum absolute atomic E-state index is 9.70. The summed E-state index contributed by atoms with van der Waals surface area (Å²) >= 11 is 0. The molecule has 0 fully saturated rings. The molecule has 3 nitrogen and oxygen atoms in total. The smallest absolute Gasteiger partial charge is 0.145 e. The average Bonchev–Trinajstić information content (AvgIpc) is 3.94. The van der Waals surface area contributed by atoms with Gasteiger partial charge < -0.3 is 13.9 Å². The van der Waals surface area contributed by atoms with Crippen molar-refractivity contribution in [1.29, 1.82) is 0 Å². The number of rotatable bonds is 6. The summed E-state index contributed by atoms with van der Waals surface area (Å²) in [7, 11) is 0. The maximum atomic E-state index is 9.70. The second-order valence-corrected chi connectivity index (χ2v) is 12.9. The molecule has 0 bridgehead atoms. The van der Waals surface area contributed by atoms with E-state index in [4.69, 9.17) is 18.1 Å². The molecule has 11 aromatic rings. The molecular formula is C52H34N2O. The van der Waals surface area contributed by atoms with Gasteiger partial charge in [0.05, 0.1) is 44.0 Å². The normalized spacial score (nSPS) is 15.7. The van der Waals surface area contributed by atoms with Crippen LogP contribution in [0.5, 0.6) is 0 Å². The van der Waals surface area contributed by atoms with Crippen molar-refractivity contribution in [3.05, 3.63) is 206 Å². The zero-order chi connectivity index (χ0) is 50.2. The number of hydrogen-bond donors (Lipinski definition) is 0. The summed E-state index contributed by atoms with van der Waals surface area (Å²) in [6.07, 6.45) is 0. The molecule has 2 heterocycles. The van der Waals surface area contributed by atoms with Gasteiger partial charge in [0.2, 0.25) is 0 Å². The fourth-order valence-corrected chi connectivity index (χ4v) is 7.49. The van der Waals surface area contributed by atoms with Gasteiger partial charge in [-0.05, 0) is 94.1 Å². The van der Waals surface area contributed by atoms with E-state index in [0.29, 0.717) is 27.5 Å². The number of anilines is 3. The van der Waals surface area contributed by atoms with Crippen LogP contribution < -0.4 is 4.90 Å². The summed E-state index contributed by atoms with van der Waals surface area (Å²) < 4.78 is 152. The van der Waals surface area contributed by atoms with Gasteiger partial charge >= 0.3 is 0 Å². The van der Waals surface area contributed by atoms with Crippen molar-refractivity contribution in [2.45, 2.75) is 0 Å². The number of furan rings is 1. The Kier molecular flexibility index (Phi) is 4.39. The van der Waals surface area contributed by atoms with Crippen LogP contribution in [0.15, 0.2) is 210 Å². The molecule has 0 atom stereocenters. The highest BCUT2D eigenvalue weighted by atomic mass is 16.3. The zero-order valence-electron chi connectivity index (χ0n) is 44.7. The van der Waals surface area contributed by atoms with Gasteiger partial charge in [0.15, 0.2) is 0 Å². The van der Waals surface area contributed by atoms with E-state index in [1.54, 1.807) is 36.4 Å². The first kappa shape index (κ1) is 19.1. The third kappa shape index (κ3) is 5.05. The van der Waals surface area contributed by atoms with E-state index in [9.17, 15) is 8.22 Å². The quantitative estimate of drug-likeness (QED) is 0.171. The third-order valence-electron chi connectivity index (χ3n) is 9.85. The van der Waals surface area contributed by atoms with Crippen LogP contribution in [0.2, 0.25) is 0 Å². The lowest BCUT2D eigenvalue weighted by Crippen LogP contribution is -2.10. The predicted molar refractivity (Wildman–Crippen MR) is 231 cm³/mol. The molecule has 0 spiro atoms. The van der Waals surface area contributed by atoms with Crippen molar-refractivity contribution in [3.63, 3.8) is 0 Å². The van der Waals surface area contributed by atoms with Crippen LogP contribution in [0.25, 0.3) is 82.5 Å². The number of para-hydroxylation sites is 4. The monoisotopic (exact) mass is 718 g/mol. The van der Waals surface area contributed by atoms with Gasteiger partial charge in [-0.15, -0.1) is 0 Å². The molecule has 0 N–H and O–H groups in total. The Labute approximate surface area is 341 Å². The van der Waals surface area contributed by atoms with E-state index >= 15 is 0 Å². The largest absolute Gasteiger partial charge is 0.455 e. The molecule has 11 rings (SSSR count). The Hall–Kier alpha value is -7.36. The second kappa shape index (κ2) is 12.6. The van der Waals surface area contributed by atoms with Gasteiger partial charge in [-0.1, -0.05) is 139 Å². The lowest BCUT2D eigenvalue weighted by molar-refractivity contribution is 0.670. The van der Waals surface area contributed by atoms with Crippen molar-refractivity contribution < 1.29 is 26.3 Å². The van der Waals surface area contributed by atoms with E-state index < -0.39 is 130 Å². The molecule has 9 aromatic carbocycles. The van der Waals surface area contributed by atoms with E-state index in [-0.39, 0.29) is 11.3 Å². The standard InChI is InChI=1S/C52H34N2O/c1-2-17-38(18-3-1)53(39-30-28-36(29-31-39)42-24-13-15-35-14-4-5-20-41(35)42)49-33-32-43(52-51(49)46-23-8-11-27-50(46)55-52)37-16-12-19-40(34-37)54-47-25-9-6-21-44(47)45-22-7-10-26-48(45)54/h1-34H/i1D,2D,3D,4D,5D,13D,14D,15D,17D,18D,20D,24D,28D,29D,30D,31D. The average molecular weight is 719 g/mol. The van der Waals surface area contributed by atoms with Crippen LogP contribution >= 0.6 is 0 Å². The minimum absolute atomic E-state index is 0.0482. The highest BCUT2D eigenvalue weighted by molar-refractivity contribution is 6.17. The van der Waals surface area contributed by atoms with E-state index in [1.165, 1.54) is 0 Å². The molecule has 0 aliphatic rings. The molecule has 0 saturated heterocycles. The molecule has 0 aliphatic heterocycles. The van der Waals surface area contributed by atoms with Crippen molar-refractivity contribution in [3.8, 4) is 27.9 Å². The molecule has 258 valence electrons. The fraction of sp³-hybridized carbons (Fsp3) is 0. The van der Waals surface area contributed by atoms with Crippen LogP contribution in [0.1, 0.15) is 21.9 Å². The first-order valence-corrected chi connectivity index (χ1v) is 17.5. The SMILES string of the molecule is [2H]c1c([2H])c([2H])c(N(c2c([2H])c([2H])c(-c3c([2H])c([2H])c([2H])c4c([2H])c([2H])c([2H])c([2H])c34)c([2H])c2[2H])c2ccc(-c3cccc(-n4c5ccccc5c5ccccc54)c3)c3oc4ccccc4c23)c([2H])c1[2H]. The highest BCUT2D eigenvalue weighted by Crippen LogP contribution is 2.46. The van der Waals surface area contributed by atoms with Crippen molar-refractivity contribution in [2.24, 2.45) is 0 Å². The van der Waals surface area contributed by atoms with Crippen LogP contribution in [0.3, 0.4) is 0 Å². The van der Waals surface area contributed by atoms with Crippen molar-refractivity contribution in [2.75, 3.05) is 4.90 Å². The predicted octanol–water partition coefficient (Wildman–Crippen LogP) is 14.6. The number of fused-ring (bicyclic) bond motifs is 7. The molecular weight excluding hydrogens is 669 g/mol. The molecule has 0 unspecified atom stereocenters. The van der Waals surface area contributed by atoms with Crippen molar-refractivity contribution >= 4 is 71.6 Å². The summed E-state index contributed by atoms with van der Waals surface area (Å²) in [6, 6.07) is 22.2. The second-order valence-electron chi connectivity index (χ2n) is 12.9. The van der Waals surface area contributed by atoms with Gasteiger partial charge in [0, 0.05) is 38.8 Å². The molecule has 0 aliphatic carbocycles. The Morgan fingerprint density at radius 2 is 1.15 bits per heavy atom. The first-order valence-electron chi connectivity index (χ1n) is 25.5. The Morgan fingerprint density at radius 3 is 1.95 bits per heavy atom. The summed E-state index contributed by atoms with van der Waals surface area (Å²) in [6.45, 7) is 0. The molecule has 0 saturated carbocycles. The topological polar surface area (TPSA) is 21.3 Å². The third-order valence-corrected chi connectivity index (χ3v) is 9.85. The van der Waals surface area contributed by atoms with Crippen molar-refractivity contribution in [1.82, 2.24) is 4.57 Å². The number of aromatic nitrogens is 1. The van der Waals surface area contributed by atoms with Crippen LogP contribution in [0.4, 0.5) is 17.1 Å². The van der Waals surface area contributed by atoms with E-state index in [1.807, 2.05) is 48.5 Å². The summed E-state index contributed by atoms with van der Waals surface area (Å²) in [5.74, 6) is 0. The van der Waals surface area contributed by atoms with Crippen LogP contribution in [-0.2, 0) is 0 Å². The number of benzene rings is 9. The summed E-state index contributed by atoms with van der Waals surface area (Å²) in [5.41, 5.74) is 2.59. The lowest BCUT2D eigenvalue weighted by Gasteiger charge is -2.27. The number of nitrogens with zero attached hydrogens (tertiary/aromatic N) is 2. The van der Waals surface area contributed by atoms with Crippen LogP contribution in [-0.4, -0.2) is 4.57 Å². The van der Waals surface area contributed by atoms with Gasteiger partial charge in [-0.25, -0.2) is 0 Å². The van der Waals surface area contributed by atoms with Gasteiger partial charge in [-0.3, -0.25) is 0 Å². The van der Waals surface area contributed by atoms with Gasteiger partial charge in [-0.2, -0.15) is 0 Å². The zero-order valence-corrected chi connectivity index (χ0v) is 28.7. The minimum Gasteiger partial charge on any atom is -0.455 e. The molecule has 2 aromatic heterocycles. The fourth-order valence-electron chi connectivity index (χ4n) is 7.49. The van der Waals surface area contributed by atoms with E-state index in [2.05, 4.69) is 28.8 Å². The highest BCUT2D eigenvalue weighted by Gasteiger charge is 2.23. The Bertz CT molecular complexity index is 4040. The lowest BCUT2D eigenvalue weighted by atomic mass is 9.97. The Morgan fingerprint density at radius 1 is 0.473 bits per heavy atom. The number of hydrogen-bond acceptors (Lipinski definition) is 2. The Balaban J connectivity index is 1.22. The van der Waals surface area contributed by atoms with E-state index in [0.717, 1.165) is 32.4 Å². The molecule has 0 amide bonds. The van der Waals surface area contributed by atoms with Crippen LogP contribution in [0, 0.1) is 0 Å². The first-order chi connectivity index (χ1) is 34.0. The van der Waals surface area contributed by atoms with Gasteiger partial charge in [0.25, 0.3) is 0 Å². The minimum atomic E-state index is -0.843.